The summed E-state index contributed by atoms with van der Waals surface area (Å²) in [6.07, 6.45) is -0.200. The first-order valence-corrected chi connectivity index (χ1v) is 6.24. The lowest BCUT2D eigenvalue weighted by Gasteiger charge is -2.29. The van der Waals surface area contributed by atoms with Crippen molar-refractivity contribution in [3.05, 3.63) is 0 Å². The molecule has 0 aromatic carbocycles. The minimum Gasteiger partial charge on any atom is -0.313 e. The van der Waals surface area contributed by atoms with E-state index in [1.807, 2.05) is 11.8 Å². The molecule has 96 valence electrons. The van der Waals surface area contributed by atoms with Crippen molar-refractivity contribution in [1.29, 1.82) is 0 Å². The van der Waals surface area contributed by atoms with Crippen molar-refractivity contribution in [3.63, 3.8) is 0 Å². The molecule has 1 heterocycles. The first-order valence-electron chi connectivity index (χ1n) is 6.24. The van der Waals surface area contributed by atoms with Crippen LogP contribution < -0.4 is 5.32 Å². The fourth-order valence-corrected chi connectivity index (χ4v) is 2.37. The summed E-state index contributed by atoms with van der Waals surface area (Å²) in [5, 5.41) is 3.46. The van der Waals surface area contributed by atoms with E-state index in [1.165, 1.54) is 0 Å². The van der Waals surface area contributed by atoms with Crippen LogP contribution in [0, 0.1) is 5.92 Å². The van der Waals surface area contributed by atoms with Gasteiger partial charge in [-0.1, -0.05) is 13.8 Å². The molecule has 4 heteroatoms. The van der Waals surface area contributed by atoms with Crippen LogP contribution in [0.3, 0.4) is 0 Å². The number of halogens is 2. The van der Waals surface area contributed by atoms with Crippen LogP contribution in [0.4, 0.5) is 8.78 Å². The quantitative estimate of drug-likeness (QED) is 0.803. The van der Waals surface area contributed by atoms with Crippen LogP contribution in [0.25, 0.3) is 0 Å². The number of rotatable bonds is 4. The molecule has 1 fully saturated rings. The Bertz CT molecular complexity index is 197. The van der Waals surface area contributed by atoms with Crippen LogP contribution in [-0.2, 0) is 0 Å². The van der Waals surface area contributed by atoms with Crippen LogP contribution in [0.5, 0.6) is 0 Å². The van der Waals surface area contributed by atoms with Gasteiger partial charge in [0.05, 0.1) is 6.54 Å². The van der Waals surface area contributed by atoms with Gasteiger partial charge >= 0.3 is 0 Å². The maximum atomic E-state index is 12.5. The van der Waals surface area contributed by atoms with E-state index in [0.717, 1.165) is 25.9 Å². The van der Waals surface area contributed by atoms with Gasteiger partial charge in [-0.3, -0.25) is 4.90 Å². The van der Waals surface area contributed by atoms with Crippen molar-refractivity contribution < 1.29 is 8.78 Å². The van der Waals surface area contributed by atoms with Crippen molar-refractivity contribution in [2.45, 2.75) is 52.1 Å². The zero-order chi connectivity index (χ0) is 12.1. The molecular weight excluding hydrogens is 210 g/mol. The average molecular weight is 234 g/mol. The first-order chi connectivity index (χ1) is 7.49. The summed E-state index contributed by atoms with van der Waals surface area (Å²) in [5.74, 6) is 0.610. The Morgan fingerprint density at radius 3 is 2.62 bits per heavy atom. The number of alkyl halides is 2. The van der Waals surface area contributed by atoms with Crippen LogP contribution >= 0.6 is 0 Å². The molecule has 1 aliphatic rings. The Balaban J connectivity index is 2.51. The molecule has 2 unspecified atom stereocenters. The van der Waals surface area contributed by atoms with Crippen molar-refractivity contribution in [2.75, 3.05) is 19.6 Å². The van der Waals surface area contributed by atoms with Gasteiger partial charge in [0.1, 0.15) is 0 Å². The minimum atomic E-state index is -2.22. The second-order valence-electron chi connectivity index (χ2n) is 5.26. The molecule has 2 atom stereocenters. The van der Waals surface area contributed by atoms with Crippen LogP contribution in [0.1, 0.15) is 33.6 Å². The largest absolute Gasteiger partial charge is 0.313 e. The van der Waals surface area contributed by atoms with E-state index in [-0.39, 0.29) is 12.6 Å². The lowest BCUT2D eigenvalue weighted by Crippen LogP contribution is -2.42. The molecule has 0 aliphatic carbocycles. The van der Waals surface area contributed by atoms with Gasteiger partial charge in [0.15, 0.2) is 0 Å². The number of nitrogens with zero attached hydrogens (tertiary/aromatic N) is 1. The highest BCUT2D eigenvalue weighted by atomic mass is 19.3. The van der Waals surface area contributed by atoms with Crippen LogP contribution in [-0.4, -0.2) is 43.0 Å². The van der Waals surface area contributed by atoms with E-state index in [1.54, 1.807) is 0 Å². The van der Waals surface area contributed by atoms with E-state index in [2.05, 4.69) is 19.2 Å². The van der Waals surface area contributed by atoms with Crippen molar-refractivity contribution in [2.24, 2.45) is 5.92 Å². The van der Waals surface area contributed by atoms with Gasteiger partial charge in [-0.25, -0.2) is 8.78 Å². The molecule has 0 saturated carbocycles. The fraction of sp³-hybridized carbons (Fsp3) is 1.00. The van der Waals surface area contributed by atoms with Gasteiger partial charge in [-0.2, -0.15) is 0 Å². The Kier molecular flexibility index (Phi) is 5.62. The smallest absolute Gasteiger partial charge is 0.251 e. The molecule has 1 rings (SSSR count). The zero-order valence-electron chi connectivity index (χ0n) is 10.5. The zero-order valence-corrected chi connectivity index (χ0v) is 10.5. The highest BCUT2D eigenvalue weighted by Gasteiger charge is 2.25. The standard InChI is InChI=1S/C12H24F2N2/c1-9(2)6-11-7-16(8-12(13)14)10(3)4-5-15-11/h9-12,15H,4-8H2,1-3H3. The molecule has 1 aliphatic heterocycles. The molecule has 0 amide bonds. The van der Waals surface area contributed by atoms with Gasteiger partial charge in [0.2, 0.25) is 0 Å². The normalized spacial score (nSPS) is 28.7. The molecular formula is C12H24F2N2. The lowest BCUT2D eigenvalue weighted by atomic mass is 10.0. The predicted molar refractivity (Wildman–Crippen MR) is 62.9 cm³/mol. The van der Waals surface area contributed by atoms with E-state index in [9.17, 15) is 8.78 Å². The minimum absolute atomic E-state index is 0.0859. The highest BCUT2D eigenvalue weighted by molar-refractivity contribution is 4.81. The third kappa shape index (κ3) is 4.74. The number of nitrogens with one attached hydrogen (secondary N) is 1. The van der Waals surface area contributed by atoms with Crippen LogP contribution in [0.2, 0.25) is 0 Å². The molecule has 1 N–H and O–H groups in total. The van der Waals surface area contributed by atoms with Gasteiger partial charge in [-0.15, -0.1) is 0 Å². The maximum Gasteiger partial charge on any atom is 0.251 e. The second kappa shape index (κ2) is 6.50. The molecule has 0 aromatic heterocycles. The topological polar surface area (TPSA) is 15.3 Å². The van der Waals surface area contributed by atoms with Gasteiger partial charge in [0, 0.05) is 18.6 Å². The maximum absolute atomic E-state index is 12.5. The first kappa shape index (κ1) is 13.8. The molecule has 16 heavy (non-hydrogen) atoms. The van der Waals surface area contributed by atoms with Gasteiger partial charge in [0.25, 0.3) is 6.43 Å². The predicted octanol–water partition coefficient (Wildman–Crippen LogP) is 2.35. The molecule has 0 radical (unpaired) electrons. The second-order valence-corrected chi connectivity index (χ2v) is 5.26. The summed E-state index contributed by atoms with van der Waals surface area (Å²) in [7, 11) is 0. The summed E-state index contributed by atoms with van der Waals surface area (Å²) in [6.45, 7) is 8.00. The summed E-state index contributed by atoms with van der Waals surface area (Å²) in [5.41, 5.74) is 0. The van der Waals surface area contributed by atoms with E-state index in [4.69, 9.17) is 0 Å². The van der Waals surface area contributed by atoms with Gasteiger partial charge in [-0.05, 0) is 32.2 Å². The lowest BCUT2D eigenvalue weighted by molar-refractivity contribution is 0.0674. The number of hydrogen-bond donors (Lipinski definition) is 1. The highest BCUT2D eigenvalue weighted by Crippen LogP contribution is 2.15. The molecule has 1 saturated heterocycles. The van der Waals surface area contributed by atoms with E-state index >= 15 is 0 Å². The summed E-state index contributed by atoms with van der Waals surface area (Å²) >= 11 is 0. The SMILES string of the molecule is CC(C)CC1CN(CC(F)F)C(C)CCN1. The Labute approximate surface area is 97.4 Å². The van der Waals surface area contributed by atoms with Crippen molar-refractivity contribution >= 4 is 0 Å². The third-order valence-corrected chi connectivity index (χ3v) is 3.20. The molecule has 0 spiro atoms. The van der Waals surface area contributed by atoms with Crippen molar-refractivity contribution in [1.82, 2.24) is 10.2 Å². The number of hydrogen-bond acceptors (Lipinski definition) is 2. The Morgan fingerprint density at radius 2 is 2.06 bits per heavy atom. The van der Waals surface area contributed by atoms with Crippen molar-refractivity contribution in [3.8, 4) is 0 Å². The van der Waals surface area contributed by atoms with Crippen LogP contribution in [0.15, 0.2) is 0 Å². The third-order valence-electron chi connectivity index (χ3n) is 3.20. The van der Waals surface area contributed by atoms with E-state index in [0.29, 0.717) is 12.0 Å². The summed E-state index contributed by atoms with van der Waals surface area (Å²) < 4.78 is 24.9. The Morgan fingerprint density at radius 1 is 1.38 bits per heavy atom. The monoisotopic (exact) mass is 234 g/mol. The average Bonchev–Trinajstić information content (AvgIpc) is 2.28. The molecule has 0 bridgehead atoms. The molecule has 2 nitrogen and oxygen atoms in total. The summed E-state index contributed by atoms with van der Waals surface area (Å²) in [4.78, 5) is 1.93. The van der Waals surface area contributed by atoms with E-state index < -0.39 is 6.43 Å². The Hall–Kier alpha value is -0.220. The fourth-order valence-electron chi connectivity index (χ4n) is 2.37. The van der Waals surface area contributed by atoms with Gasteiger partial charge < -0.3 is 5.32 Å². The molecule has 0 aromatic rings. The summed E-state index contributed by atoms with van der Waals surface area (Å²) in [6, 6.07) is 0.627.